The molecule has 4 rings (SSSR count). The molecule has 2 aromatic heterocycles. The number of carbonyl (C=O) groups is 1. The number of aryl methyl sites for hydroxylation is 1. The monoisotopic (exact) mass is 362 g/mol. The van der Waals surface area contributed by atoms with E-state index in [4.69, 9.17) is 0 Å². The summed E-state index contributed by atoms with van der Waals surface area (Å²) in [6.07, 6.45) is 7.14. The number of amides is 1. The van der Waals surface area contributed by atoms with Crippen molar-refractivity contribution < 1.29 is 4.79 Å². The molecule has 3 heterocycles. The van der Waals surface area contributed by atoms with Crippen LogP contribution in [0.2, 0.25) is 0 Å². The number of H-pyrrole nitrogens is 1. The SMILES string of the molecule is Cc1ccc(CC(=O)N2CCC(c3nc(-c4cnccn4)n[nH]3)CC2)cc1. The molecule has 0 radical (unpaired) electrons. The molecule has 0 saturated carbocycles. The topological polar surface area (TPSA) is 87.7 Å². The Bertz CT molecular complexity index is 898. The lowest BCUT2D eigenvalue weighted by atomic mass is 9.95. The number of likely N-dealkylation sites (tertiary alicyclic amines) is 1. The molecule has 1 aromatic carbocycles. The Kier molecular flexibility index (Phi) is 4.91. The fourth-order valence-corrected chi connectivity index (χ4v) is 3.38. The Morgan fingerprint density at radius 2 is 1.96 bits per heavy atom. The summed E-state index contributed by atoms with van der Waals surface area (Å²) in [5.74, 6) is 1.90. The van der Waals surface area contributed by atoms with Crippen LogP contribution in [-0.2, 0) is 11.2 Å². The first-order valence-electron chi connectivity index (χ1n) is 9.21. The standard InChI is InChI=1S/C20H22N6O/c1-14-2-4-15(5-3-14)12-18(27)26-10-6-16(7-11-26)19-23-20(25-24-19)17-13-21-8-9-22-17/h2-5,8-9,13,16H,6-7,10-12H2,1H3,(H,23,24,25). The highest BCUT2D eigenvalue weighted by atomic mass is 16.2. The number of benzene rings is 1. The fourth-order valence-electron chi connectivity index (χ4n) is 3.38. The van der Waals surface area contributed by atoms with Crippen LogP contribution < -0.4 is 0 Å². The lowest BCUT2D eigenvalue weighted by molar-refractivity contribution is -0.131. The van der Waals surface area contributed by atoms with Gasteiger partial charge >= 0.3 is 0 Å². The Labute approximate surface area is 157 Å². The maximum Gasteiger partial charge on any atom is 0.226 e. The number of hydrogen-bond acceptors (Lipinski definition) is 5. The number of hydrogen-bond donors (Lipinski definition) is 1. The first-order valence-corrected chi connectivity index (χ1v) is 9.21. The molecule has 0 spiro atoms. The molecular weight excluding hydrogens is 340 g/mol. The van der Waals surface area contributed by atoms with E-state index in [0.29, 0.717) is 17.9 Å². The van der Waals surface area contributed by atoms with Crippen LogP contribution in [0.4, 0.5) is 0 Å². The molecule has 138 valence electrons. The van der Waals surface area contributed by atoms with E-state index in [1.54, 1.807) is 18.6 Å². The molecule has 1 aliphatic heterocycles. The van der Waals surface area contributed by atoms with Crippen molar-refractivity contribution in [1.82, 2.24) is 30.0 Å². The van der Waals surface area contributed by atoms with Crippen molar-refractivity contribution in [3.63, 3.8) is 0 Å². The van der Waals surface area contributed by atoms with Gasteiger partial charge in [0.05, 0.1) is 12.6 Å². The first kappa shape index (κ1) is 17.3. The zero-order valence-corrected chi connectivity index (χ0v) is 15.3. The molecule has 1 N–H and O–H groups in total. The minimum atomic E-state index is 0.190. The van der Waals surface area contributed by atoms with Gasteiger partial charge in [-0.15, -0.1) is 0 Å². The Hall–Kier alpha value is -3.09. The molecule has 27 heavy (non-hydrogen) atoms. The van der Waals surface area contributed by atoms with Gasteiger partial charge in [0.1, 0.15) is 11.5 Å². The second kappa shape index (κ2) is 7.65. The van der Waals surface area contributed by atoms with Crippen molar-refractivity contribution >= 4 is 5.91 Å². The summed E-state index contributed by atoms with van der Waals surface area (Å²) < 4.78 is 0. The molecule has 7 nitrogen and oxygen atoms in total. The Balaban J connectivity index is 1.34. The van der Waals surface area contributed by atoms with Gasteiger partial charge in [0.25, 0.3) is 0 Å². The van der Waals surface area contributed by atoms with Gasteiger partial charge in [0, 0.05) is 31.4 Å². The molecule has 0 aliphatic carbocycles. The summed E-state index contributed by atoms with van der Waals surface area (Å²) in [5.41, 5.74) is 2.93. The second-order valence-corrected chi connectivity index (χ2v) is 6.95. The van der Waals surface area contributed by atoms with Crippen molar-refractivity contribution in [1.29, 1.82) is 0 Å². The minimum absolute atomic E-state index is 0.190. The van der Waals surface area contributed by atoms with Gasteiger partial charge in [-0.2, -0.15) is 5.10 Å². The molecule has 0 bridgehead atoms. The number of aromatic amines is 1. The Morgan fingerprint density at radius 1 is 1.19 bits per heavy atom. The molecular formula is C20H22N6O. The van der Waals surface area contributed by atoms with Crippen LogP contribution in [0, 0.1) is 6.92 Å². The van der Waals surface area contributed by atoms with E-state index in [-0.39, 0.29) is 11.8 Å². The largest absolute Gasteiger partial charge is 0.342 e. The van der Waals surface area contributed by atoms with Crippen LogP contribution in [0.1, 0.15) is 35.7 Å². The first-order chi connectivity index (χ1) is 13.2. The van der Waals surface area contributed by atoms with Crippen LogP contribution in [0.15, 0.2) is 42.9 Å². The zero-order valence-electron chi connectivity index (χ0n) is 15.3. The van der Waals surface area contributed by atoms with Crippen LogP contribution in [0.3, 0.4) is 0 Å². The van der Waals surface area contributed by atoms with E-state index in [2.05, 4.69) is 32.1 Å². The maximum atomic E-state index is 12.6. The van der Waals surface area contributed by atoms with E-state index in [1.807, 2.05) is 29.2 Å². The summed E-state index contributed by atoms with van der Waals surface area (Å²) >= 11 is 0. The van der Waals surface area contributed by atoms with Crippen molar-refractivity contribution in [2.24, 2.45) is 0 Å². The molecule has 3 aromatic rings. The predicted molar refractivity (Wildman–Crippen MR) is 101 cm³/mol. The van der Waals surface area contributed by atoms with Crippen molar-refractivity contribution in [3.8, 4) is 11.5 Å². The lowest BCUT2D eigenvalue weighted by Crippen LogP contribution is -2.39. The third-order valence-electron chi connectivity index (χ3n) is 5.01. The van der Waals surface area contributed by atoms with E-state index >= 15 is 0 Å². The minimum Gasteiger partial charge on any atom is -0.342 e. The lowest BCUT2D eigenvalue weighted by Gasteiger charge is -2.31. The van der Waals surface area contributed by atoms with Gasteiger partial charge in [-0.1, -0.05) is 29.8 Å². The van der Waals surface area contributed by atoms with Crippen LogP contribution in [0.25, 0.3) is 11.5 Å². The molecule has 7 heteroatoms. The summed E-state index contributed by atoms with van der Waals surface area (Å²) in [5, 5.41) is 7.29. The van der Waals surface area contributed by atoms with Gasteiger partial charge < -0.3 is 4.90 Å². The van der Waals surface area contributed by atoms with E-state index < -0.39 is 0 Å². The molecule has 1 saturated heterocycles. The highest BCUT2D eigenvalue weighted by Gasteiger charge is 2.26. The molecule has 1 amide bonds. The van der Waals surface area contributed by atoms with E-state index in [0.717, 1.165) is 37.3 Å². The molecule has 1 aliphatic rings. The average Bonchev–Trinajstić information content (AvgIpc) is 3.21. The van der Waals surface area contributed by atoms with Gasteiger partial charge in [0.15, 0.2) is 0 Å². The highest BCUT2D eigenvalue weighted by Crippen LogP contribution is 2.27. The fraction of sp³-hybridized carbons (Fsp3) is 0.350. The van der Waals surface area contributed by atoms with Gasteiger partial charge in [-0.25, -0.2) is 9.97 Å². The quantitative estimate of drug-likeness (QED) is 0.770. The number of aromatic nitrogens is 5. The van der Waals surface area contributed by atoms with Gasteiger partial charge in [-0.3, -0.25) is 14.9 Å². The van der Waals surface area contributed by atoms with Crippen LogP contribution in [0.5, 0.6) is 0 Å². The smallest absolute Gasteiger partial charge is 0.226 e. The van der Waals surface area contributed by atoms with Crippen molar-refractivity contribution in [3.05, 3.63) is 59.8 Å². The number of carbonyl (C=O) groups excluding carboxylic acids is 1. The summed E-state index contributed by atoms with van der Waals surface area (Å²) in [4.78, 5) is 27.4. The van der Waals surface area contributed by atoms with Gasteiger partial charge in [0.2, 0.25) is 11.7 Å². The number of nitrogens with zero attached hydrogens (tertiary/aromatic N) is 5. The number of nitrogens with one attached hydrogen (secondary N) is 1. The average molecular weight is 362 g/mol. The van der Waals surface area contributed by atoms with Crippen molar-refractivity contribution in [2.45, 2.75) is 32.1 Å². The number of piperidine rings is 1. The van der Waals surface area contributed by atoms with Crippen molar-refractivity contribution in [2.75, 3.05) is 13.1 Å². The van der Waals surface area contributed by atoms with Crippen LogP contribution in [-0.4, -0.2) is 49.0 Å². The molecule has 0 atom stereocenters. The normalized spacial score (nSPS) is 15.1. The maximum absolute atomic E-state index is 12.6. The molecule has 1 fully saturated rings. The van der Waals surface area contributed by atoms with Gasteiger partial charge in [-0.05, 0) is 25.3 Å². The van der Waals surface area contributed by atoms with E-state index in [1.165, 1.54) is 5.56 Å². The molecule has 0 unspecified atom stereocenters. The van der Waals surface area contributed by atoms with Crippen LogP contribution >= 0.6 is 0 Å². The summed E-state index contributed by atoms with van der Waals surface area (Å²) in [6, 6.07) is 8.16. The second-order valence-electron chi connectivity index (χ2n) is 6.95. The summed E-state index contributed by atoms with van der Waals surface area (Å²) in [7, 11) is 0. The predicted octanol–water partition coefficient (Wildman–Crippen LogP) is 2.52. The van der Waals surface area contributed by atoms with E-state index in [9.17, 15) is 4.79 Å². The number of rotatable bonds is 4. The highest BCUT2D eigenvalue weighted by molar-refractivity contribution is 5.78. The third-order valence-corrected chi connectivity index (χ3v) is 5.01. The Morgan fingerprint density at radius 3 is 2.67 bits per heavy atom. The third kappa shape index (κ3) is 4.02. The zero-order chi connectivity index (χ0) is 18.6. The summed E-state index contributed by atoms with van der Waals surface area (Å²) in [6.45, 7) is 3.54.